The Morgan fingerprint density at radius 2 is 1.61 bits per heavy atom. The summed E-state index contributed by atoms with van der Waals surface area (Å²) in [5.41, 5.74) is 0. The molecule has 0 N–H and O–H groups in total. The molecule has 0 spiro atoms. The van der Waals surface area contributed by atoms with Crippen LogP contribution in [0.15, 0.2) is 0 Å². The van der Waals surface area contributed by atoms with Crippen LogP contribution in [0.3, 0.4) is 0 Å². The summed E-state index contributed by atoms with van der Waals surface area (Å²) in [5.74, 6) is -0.841. The van der Waals surface area contributed by atoms with E-state index in [1.165, 1.54) is 0 Å². The van der Waals surface area contributed by atoms with Crippen LogP contribution < -0.4 is 0 Å². The van der Waals surface area contributed by atoms with Crippen LogP contribution in [-0.2, 0) is 23.7 Å². The SMILES string of the molecule is CC1C(C2COC(C)(C)O2)OC2OC(C)(C)OC21. The van der Waals surface area contributed by atoms with Gasteiger partial charge in [0.2, 0.25) is 0 Å². The zero-order valence-electron chi connectivity index (χ0n) is 11.6. The average molecular weight is 258 g/mol. The van der Waals surface area contributed by atoms with Crippen LogP contribution in [0.2, 0.25) is 0 Å². The predicted octanol–water partition coefficient (Wildman–Crippen LogP) is 1.65. The molecule has 0 amide bonds. The third kappa shape index (κ3) is 2.08. The van der Waals surface area contributed by atoms with Gasteiger partial charge in [-0.2, -0.15) is 0 Å². The van der Waals surface area contributed by atoms with Gasteiger partial charge in [-0.25, -0.2) is 0 Å². The Kier molecular flexibility index (Phi) is 2.78. The first-order valence-electron chi connectivity index (χ1n) is 6.60. The van der Waals surface area contributed by atoms with Crippen molar-refractivity contribution in [3.63, 3.8) is 0 Å². The van der Waals surface area contributed by atoms with Crippen molar-refractivity contribution >= 4 is 0 Å². The Morgan fingerprint density at radius 3 is 2.17 bits per heavy atom. The molecule has 3 fully saturated rings. The van der Waals surface area contributed by atoms with Crippen molar-refractivity contribution in [2.75, 3.05) is 6.61 Å². The molecule has 104 valence electrons. The number of fused-ring (bicyclic) bond motifs is 1. The highest BCUT2D eigenvalue weighted by Crippen LogP contribution is 2.43. The minimum atomic E-state index is -0.555. The lowest BCUT2D eigenvalue weighted by Gasteiger charge is -2.27. The third-order valence-electron chi connectivity index (χ3n) is 3.81. The van der Waals surface area contributed by atoms with Gasteiger partial charge in [0.05, 0.1) is 12.7 Å². The van der Waals surface area contributed by atoms with E-state index < -0.39 is 11.6 Å². The maximum Gasteiger partial charge on any atom is 0.187 e. The molecule has 5 unspecified atom stereocenters. The van der Waals surface area contributed by atoms with Crippen LogP contribution in [0.4, 0.5) is 0 Å². The summed E-state index contributed by atoms with van der Waals surface area (Å²) >= 11 is 0. The maximum absolute atomic E-state index is 5.96. The Hall–Kier alpha value is -0.200. The van der Waals surface area contributed by atoms with Gasteiger partial charge in [0.15, 0.2) is 17.9 Å². The number of rotatable bonds is 1. The van der Waals surface area contributed by atoms with Crippen molar-refractivity contribution in [3.8, 4) is 0 Å². The molecule has 0 radical (unpaired) electrons. The second kappa shape index (κ2) is 3.90. The van der Waals surface area contributed by atoms with Crippen molar-refractivity contribution in [3.05, 3.63) is 0 Å². The third-order valence-corrected chi connectivity index (χ3v) is 3.81. The Balaban J connectivity index is 1.68. The van der Waals surface area contributed by atoms with Gasteiger partial charge in [0.1, 0.15) is 12.2 Å². The average Bonchev–Trinajstić information content (AvgIpc) is 2.81. The molecule has 0 saturated carbocycles. The summed E-state index contributed by atoms with van der Waals surface area (Å²) in [7, 11) is 0. The van der Waals surface area contributed by atoms with Crippen LogP contribution >= 0.6 is 0 Å². The number of ether oxygens (including phenoxy) is 5. The molecule has 3 aliphatic heterocycles. The van der Waals surface area contributed by atoms with Crippen molar-refractivity contribution < 1.29 is 23.7 Å². The van der Waals surface area contributed by atoms with Gasteiger partial charge in [0.25, 0.3) is 0 Å². The van der Waals surface area contributed by atoms with Crippen LogP contribution in [-0.4, -0.2) is 42.8 Å². The van der Waals surface area contributed by atoms with Crippen LogP contribution in [0.25, 0.3) is 0 Å². The second-order valence-corrected chi connectivity index (χ2v) is 6.30. The van der Waals surface area contributed by atoms with Crippen molar-refractivity contribution in [2.24, 2.45) is 5.92 Å². The maximum atomic E-state index is 5.96. The first-order valence-corrected chi connectivity index (χ1v) is 6.60. The first-order chi connectivity index (χ1) is 8.27. The Morgan fingerprint density at radius 1 is 0.889 bits per heavy atom. The second-order valence-electron chi connectivity index (χ2n) is 6.30. The van der Waals surface area contributed by atoms with E-state index in [0.717, 1.165) is 0 Å². The molecule has 5 atom stereocenters. The van der Waals surface area contributed by atoms with E-state index in [9.17, 15) is 0 Å². The first kappa shape index (κ1) is 12.8. The molecule has 3 heterocycles. The van der Waals surface area contributed by atoms with E-state index >= 15 is 0 Å². The summed E-state index contributed by atoms with van der Waals surface area (Å²) in [6, 6.07) is 0. The molecular weight excluding hydrogens is 236 g/mol. The van der Waals surface area contributed by atoms with Crippen molar-refractivity contribution in [1.29, 1.82) is 0 Å². The predicted molar refractivity (Wildman–Crippen MR) is 62.8 cm³/mol. The molecule has 3 rings (SSSR count). The van der Waals surface area contributed by atoms with Crippen molar-refractivity contribution in [1.82, 2.24) is 0 Å². The normalized spacial score (nSPS) is 49.5. The number of hydrogen-bond donors (Lipinski definition) is 0. The van der Waals surface area contributed by atoms with Crippen molar-refractivity contribution in [2.45, 2.75) is 70.8 Å². The minimum Gasteiger partial charge on any atom is -0.348 e. The number of hydrogen-bond acceptors (Lipinski definition) is 5. The molecule has 0 aliphatic carbocycles. The largest absolute Gasteiger partial charge is 0.348 e. The molecular formula is C13H22O5. The molecule has 5 nitrogen and oxygen atoms in total. The molecule has 3 saturated heterocycles. The van der Waals surface area contributed by atoms with Crippen LogP contribution in [0.1, 0.15) is 34.6 Å². The molecule has 0 aromatic heterocycles. The summed E-state index contributed by atoms with van der Waals surface area (Å²) in [6.45, 7) is 10.3. The van der Waals surface area contributed by atoms with Gasteiger partial charge in [-0.1, -0.05) is 6.92 Å². The van der Waals surface area contributed by atoms with Gasteiger partial charge >= 0.3 is 0 Å². The fraction of sp³-hybridized carbons (Fsp3) is 1.00. The highest BCUT2D eigenvalue weighted by Gasteiger charge is 2.56. The summed E-state index contributed by atoms with van der Waals surface area (Å²) in [4.78, 5) is 0. The Bertz CT molecular complexity index is 340. The van der Waals surface area contributed by atoms with E-state index in [1.54, 1.807) is 0 Å². The van der Waals surface area contributed by atoms with Gasteiger partial charge in [0, 0.05) is 5.92 Å². The van der Waals surface area contributed by atoms with Crippen LogP contribution in [0, 0.1) is 5.92 Å². The lowest BCUT2D eigenvalue weighted by atomic mass is 9.97. The molecule has 5 heteroatoms. The van der Waals surface area contributed by atoms with Crippen LogP contribution in [0.5, 0.6) is 0 Å². The standard InChI is InChI=1S/C13H22O5/c1-7-9(8-6-14-12(2,3)16-8)15-11-10(7)17-13(4,5)18-11/h7-11H,6H2,1-5H3. The van der Waals surface area contributed by atoms with E-state index in [2.05, 4.69) is 6.92 Å². The molecule has 0 bridgehead atoms. The van der Waals surface area contributed by atoms with Gasteiger partial charge in [-0.3, -0.25) is 0 Å². The zero-order valence-corrected chi connectivity index (χ0v) is 11.6. The molecule has 0 aromatic rings. The van der Waals surface area contributed by atoms with Gasteiger partial charge in [-0.05, 0) is 27.7 Å². The highest BCUT2D eigenvalue weighted by molar-refractivity contribution is 4.95. The van der Waals surface area contributed by atoms with E-state index in [0.29, 0.717) is 6.61 Å². The smallest absolute Gasteiger partial charge is 0.187 e. The molecule has 18 heavy (non-hydrogen) atoms. The lowest BCUT2D eigenvalue weighted by Crippen LogP contribution is -2.37. The monoisotopic (exact) mass is 258 g/mol. The van der Waals surface area contributed by atoms with Gasteiger partial charge in [-0.15, -0.1) is 0 Å². The fourth-order valence-corrected chi connectivity index (χ4v) is 2.99. The zero-order chi connectivity index (χ0) is 13.1. The summed E-state index contributed by atoms with van der Waals surface area (Å²) < 4.78 is 29.0. The Labute approximate surface area is 108 Å². The highest BCUT2D eigenvalue weighted by atomic mass is 16.8. The summed E-state index contributed by atoms with van der Waals surface area (Å²) in [6.07, 6.45) is -0.376. The van der Waals surface area contributed by atoms with Gasteiger partial charge < -0.3 is 23.7 Å². The van der Waals surface area contributed by atoms with E-state index in [1.807, 2.05) is 27.7 Å². The molecule has 0 aromatic carbocycles. The molecule has 3 aliphatic rings. The fourth-order valence-electron chi connectivity index (χ4n) is 2.99. The lowest BCUT2D eigenvalue weighted by molar-refractivity contribution is -0.226. The summed E-state index contributed by atoms with van der Waals surface area (Å²) in [5, 5.41) is 0. The topological polar surface area (TPSA) is 46.2 Å². The minimum absolute atomic E-state index is 0.0164. The van der Waals surface area contributed by atoms with E-state index in [4.69, 9.17) is 23.7 Å². The van der Waals surface area contributed by atoms with E-state index in [-0.39, 0.29) is 30.5 Å². The quantitative estimate of drug-likeness (QED) is 0.715.